The molecule has 3 heterocycles. The fraction of sp³-hybridized carbons (Fsp3) is 0.727. The van der Waals surface area contributed by atoms with Crippen LogP contribution in [0.2, 0.25) is 0 Å². The highest BCUT2D eigenvalue weighted by atomic mass is 16.6. The second kappa shape index (κ2) is 10.7. The molecule has 0 radical (unpaired) electrons. The van der Waals surface area contributed by atoms with Crippen LogP contribution in [0.1, 0.15) is 52.2 Å². The van der Waals surface area contributed by atoms with Gasteiger partial charge in [0, 0.05) is 38.7 Å². The largest absolute Gasteiger partial charge is 0.469 e. The van der Waals surface area contributed by atoms with Gasteiger partial charge in [-0.2, -0.15) is 0 Å². The van der Waals surface area contributed by atoms with Crippen molar-refractivity contribution in [2.75, 3.05) is 32.8 Å². The van der Waals surface area contributed by atoms with Crippen LogP contribution in [0.3, 0.4) is 0 Å². The minimum atomic E-state index is -0.484. The third kappa shape index (κ3) is 7.55. The number of carbonyl (C=O) groups excluding carboxylic acids is 1. The Kier molecular flexibility index (Phi) is 8.01. The maximum atomic E-state index is 12.3. The summed E-state index contributed by atoms with van der Waals surface area (Å²) in [5.74, 6) is 1.70. The van der Waals surface area contributed by atoms with Gasteiger partial charge in [-0.05, 0) is 58.6 Å². The van der Waals surface area contributed by atoms with Crippen LogP contribution in [-0.4, -0.2) is 67.5 Å². The summed E-state index contributed by atoms with van der Waals surface area (Å²) >= 11 is 0. The van der Waals surface area contributed by atoms with Gasteiger partial charge in [0.1, 0.15) is 11.4 Å². The number of nitrogens with one attached hydrogen (secondary N) is 2. The van der Waals surface area contributed by atoms with E-state index in [0.717, 1.165) is 44.0 Å². The lowest BCUT2D eigenvalue weighted by atomic mass is 10.1. The molecule has 2 atom stereocenters. The van der Waals surface area contributed by atoms with Crippen molar-refractivity contribution in [1.82, 2.24) is 15.5 Å². The Morgan fingerprint density at radius 3 is 2.90 bits per heavy atom. The van der Waals surface area contributed by atoms with E-state index >= 15 is 0 Å². The Balaban J connectivity index is 1.52. The van der Waals surface area contributed by atoms with Crippen molar-refractivity contribution >= 4 is 12.1 Å². The zero-order valence-electron chi connectivity index (χ0n) is 18.5. The molecule has 2 N–H and O–H groups in total. The molecule has 0 saturated carbocycles. The first-order chi connectivity index (χ1) is 14.4. The highest BCUT2D eigenvalue weighted by molar-refractivity contribution is 5.80. The number of amides is 1. The van der Waals surface area contributed by atoms with Crippen LogP contribution in [0.4, 0.5) is 4.79 Å². The van der Waals surface area contributed by atoms with Crippen LogP contribution in [0.5, 0.6) is 0 Å². The van der Waals surface area contributed by atoms with Crippen molar-refractivity contribution in [3.63, 3.8) is 0 Å². The molecule has 0 spiro atoms. The van der Waals surface area contributed by atoms with Crippen LogP contribution in [0, 0.1) is 0 Å². The van der Waals surface area contributed by atoms with Crippen molar-refractivity contribution in [3.8, 4) is 0 Å². The predicted molar refractivity (Wildman–Crippen MR) is 116 cm³/mol. The molecule has 2 aliphatic heterocycles. The first-order valence-electron chi connectivity index (χ1n) is 11.1. The monoisotopic (exact) mass is 420 g/mol. The molecule has 168 valence electrons. The maximum Gasteiger partial charge on any atom is 0.410 e. The quantitative estimate of drug-likeness (QED) is 0.543. The highest BCUT2D eigenvalue weighted by Gasteiger charge is 2.30. The number of nitrogens with zero attached hydrogens (tertiary/aromatic N) is 2. The molecule has 8 nitrogen and oxygen atoms in total. The first kappa shape index (κ1) is 22.5. The van der Waals surface area contributed by atoms with Crippen LogP contribution < -0.4 is 10.6 Å². The molecule has 30 heavy (non-hydrogen) atoms. The topological polar surface area (TPSA) is 88.3 Å². The average Bonchev–Trinajstić information content (AvgIpc) is 3.37. The van der Waals surface area contributed by atoms with Crippen molar-refractivity contribution in [1.29, 1.82) is 0 Å². The molecule has 2 saturated heterocycles. The van der Waals surface area contributed by atoms with E-state index in [0.29, 0.717) is 26.2 Å². The Morgan fingerprint density at radius 2 is 2.20 bits per heavy atom. The fourth-order valence-corrected chi connectivity index (χ4v) is 3.62. The second-order valence-corrected chi connectivity index (χ2v) is 8.99. The number of hydrogen-bond acceptors (Lipinski definition) is 5. The molecule has 8 heteroatoms. The summed E-state index contributed by atoms with van der Waals surface area (Å²) in [5, 5.41) is 6.88. The van der Waals surface area contributed by atoms with E-state index in [2.05, 4.69) is 10.6 Å². The van der Waals surface area contributed by atoms with Crippen molar-refractivity contribution < 1.29 is 18.7 Å². The molecular formula is C22H36N4O4. The number of guanidine groups is 1. The Morgan fingerprint density at radius 1 is 1.33 bits per heavy atom. The summed E-state index contributed by atoms with van der Waals surface area (Å²) in [6.45, 7) is 9.12. The predicted octanol–water partition coefficient (Wildman–Crippen LogP) is 2.94. The van der Waals surface area contributed by atoms with Gasteiger partial charge >= 0.3 is 6.09 Å². The lowest BCUT2D eigenvalue weighted by molar-refractivity contribution is 0.0224. The molecule has 0 aliphatic carbocycles. The molecule has 1 aromatic heterocycles. The number of furan rings is 1. The normalized spacial score (nSPS) is 22.8. The van der Waals surface area contributed by atoms with Gasteiger partial charge in [0.25, 0.3) is 0 Å². The van der Waals surface area contributed by atoms with E-state index in [-0.39, 0.29) is 18.2 Å². The number of rotatable bonds is 6. The summed E-state index contributed by atoms with van der Waals surface area (Å²) in [6.07, 6.45) is 6.64. The zero-order chi connectivity index (χ0) is 21.4. The minimum absolute atomic E-state index is 0.139. The van der Waals surface area contributed by atoms with Crippen LogP contribution in [-0.2, 0) is 15.9 Å². The lowest BCUT2D eigenvalue weighted by Gasteiger charge is -2.25. The van der Waals surface area contributed by atoms with Gasteiger partial charge in [0.05, 0.1) is 18.9 Å². The van der Waals surface area contributed by atoms with Crippen LogP contribution in [0.25, 0.3) is 0 Å². The molecule has 2 aliphatic rings. The average molecular weight is 421 g/mol. The first-order valence-corrected chi connectivity index (χ1v) is 11.1. The Bertz CT molecular complexity index is 678. The summed E-state index contributed by atoms with van der Waals surface area (Å²) < 4.78 is 16.7. The van der Waals surface area contributed by atoms with Crippen molar-refractivity contribution in [2.45, 2.75) is 70.6 Å². The van der Waals surface area contributed by atoms with Gasteiger partial charge in [-0.1, -0.05) is 0 Å². The lowest BCUT2D eigenvalue weighted by Crippen LogP contribution is -2.46. The van der Waals surface area contributed by atoms with Crippen LogP contribution in [0.15, 0.2) is 27.8 Å². The molecule has 3 rings (SSSR count). The second-order valence-electron chi connectivity index (χ2n) is 8.99. The van der Waals surface area contributed by atoms with E-state index in [1.807, 2.05) is 32.9 Å². The maximum absolute atomic E-state index is 12.3. The molecule has 2 unspecified atom stereocenters. The summed E-state index contributed by atoms with van der Waals surface area (Å²) in [7, 11) is 0. The molecule has 0 bridgehead atoms. The van der Waals surface area contributed by atoms with E-state index in [4.69, 9.17) is 18.9 Å². The number of carbonyl (C=O) groups is 1. The zero-order valence-corrected chi connectivity index (χ0v) is 18.5. The molecule has 1 aromatic rings. The summed E-state index contributed by atoms with van der Waals surface area (Å²) in [6, 6.07) is 4.00. The number of likely N-dealkylation sites (tertiary alicyclic amines) is 1. The standard InChI is InChI=1S/C22H36N4O4/c1-22(2,3)30-21(27)26-12-10-17(16-26)25-20(23-11-9-18-8-6-14-28-18)24-15-19-7-4-5-13-29-19/h6,8,14,17,19H,4-5,7,9-13,15-16H2,1-3H3,(H2,23,24,25). The number of ether oxygens (including phenoxy) is 2. The number of aliphatic imine (C=N–C) groups is 1. The van der Waals surface area contributed by atoms with Crippen molar-refractivity contribution in [2.24, 2.45) is 4.99 Å². The van der Waals surface area contributed by atoms with Crippen molar-refractivity contribution in [3.05, 3.63) is 24.2 Å². The Labute approximate surface area is 179 Å². The van der Waals surface area contributed by atoms with Gasteiger partial charge in [-0.15, -0.1) is 0 Å². The molecule has 1 amide bonds. The third-order valence-electron chi connectivity index (χ3n) is 5.15. The van der Waals surface area contributed by atoms with Gasteiger partial charge in [-0.3, -0.25) is 4.99 Å². The molecule has 0 aromatic carbocycles. The molecular weight excluding hydrogens is 384 g/mol. The summed E-state index contributed by atoms with van der Waals surface area (Å²) in [4.78, 5) is 18.9. The van der Waals surface area contributed by atoms with E-state index in [1.165, 1.54) is 6.42 Å². The van der Waals surface area contributed by atoms with Crippen LogP contribution >= 0.6 is 0 Å². The van der Waals surface area contributed by atoms with Gasteiger partial charge < -0.3 is 29.4 Å². The number of hydrogen-bond donors (Lipinski definition) is 2. The van der Waals surface area contributed by atoms with E-state index in [1.54, 1.807) is 11.2 Å². The van der Waals surface area contributed by atoms with E-state index < -0.39 is 5.60 Å². The summed E-state index contributed by atoms with van der Waals surface area (Å²) in [5.41, 5.74) is -0.484. The minimum Gasteiger partial charge on any atom is -0.469 e. The van der Waals surface area contributed by atoms with Gasteiger partial charge in [0.2, 0.25) is 0 Å². The SMILES string of the molecule is CC(C)(C)OC(=O)N1CCC(NC(=NCC2CCCCO2)NCCc2ccco2)C1. The molecule has 2 fully saturated rings. The third-order valence-corrected chi connectivity index (χ3v) is 5.15. The van der Waals surface area contributed by atoms with Gasteiger partial charge in [0.15, 0.2) is 5.96 Å². The highest BCUT2D eigenvalue weighted by Crippen LogP contribution is 2.16. The Hall–Kier alpha value is -2.22. The fourth-order valence-electron chi connectivity index (χ4n) is 3.62. The van der Waals surface area contributed by atoms with Gasteiger partial charge in [-0.25, -0.2) is 4.79 Å². The smallest absolute Gasteiger partial charge is 0.410 e. The van der Waals surface area contributed by atoms with E-state index in [9.17, 15) is 4.79 Å².